The Hall–Kier alpha value is -2.66. The molecule has 3 rings (SSSR count). The van der Waals surface area contributed by atoms with Crippen molar-refractivity contribution in [1.29, 1.82) is 0 Å². The number of nitrogens with zero attached hydrogens (tertiary/aromatic N) is 1. The van der Waals surface area contributed by atoms with Crippen molar-refractivity contribution in [2.75, 3.05) is 31.6 Å². The van der Waals surface area contributed by atoms with E-state index < -0.39 is 0 Å². The molecule has 0 spiro atoms. The lowest BCUT2D eigenvalue weighted by Crippen LogP contribution is -2.32. The number of benzene rings is 2. The third-order valence-electron chi connectivity index (χ3n) is 5.09. The highest BCUT2D eigenvalue weighted by atomic mass is 16.5. The van der Waals surface area contributed by atoms with Crippen LogP contribution in [0.5, 0.6) is 0 Å². The largest absolute Gasteiger partial charge is 0.466 e. The molecular weight excluding hydrogens is 364 g/mol. The van der Waals surface area contributed by atoms with Crippen LogP contribution in [-0.4, -0.2) is 43.0 Å². The van der Waals surface area contributed by atoms with Crippen molar-refractivity contribution < 1.29 is 14.3 Å². The molecule has 2 aromatic carbocycles. The maximum absolute atomic E-state index is 12.6. The second kappa shape index (κ2) is 10.8. The minimum atomic E-state index is -0.172. The van der Waals surface area contributed by atoms with Crippen LogP contribution in [-0.2, 0) is 14.3 Å². The molecule has 1 aliphatic carbocycles. The van der Waals surface area contributed by atoms with Gasteiger partial charge in [-0.25, -0.2) is 0 Å². The molecule has 0 unspecified atom stereocenters. The average molecular weight is 395 g/mol. The van der Waals surface area contributed by atoms with E-state index in [1.807, 2.05) is 61.5 Å². The van der Waals surface area contributed by atoms with Crippen LogP contribution in [0.2, 0.25) is 0 Å². The van der Waals surface area contributed by atoms with Crippen molar-refractivity contribution >= 4 is 17.6 Å². The highest BCUT2D eigenvalue weighted by Crippen LogP contribution is 2.30. The molecule has 0 aromatic heterocycles. The van der Waals surface area contributed by atoms with Gasteiger partial charge < -0.3 is 15.0 Å². The third kappa shape index (κ3) is 7.02. The number of hydrogen-bond donors (Lipinski definition) is 1. The Kier molecular flexibility index (Phi) is 7.82. The van der Waals surface area contributed by atoms with Gasteiger partial charge in [-0.3, -0.25) is 9.59 Å². The van der Waals surface area contributed by atoms with Crippen molar-refractivity contribution in [2.45, 2.75) is 32.6 Å². The Bertz CT molecular complexity index is 803. The number of ether oxygens (including phenoxy) is 1. The van der Waals surface area contributed by atoms with E-state index in [2.05, 4.69) is 10.2 Å². The Balaban J connectivity index is 1.54. The fraction of sp³-hybridized carbons (Fsp3) is 0.417. The average Bonchev–Trinajstić information content (AvgIpc) is 3.55. The molecule has 0 aliphatic heterocycles. The van der Waals surface area contributed by atoms with Gasteiger partial charge in [-0.1, -0.05) is 48.5 Å². The van der Waals surface area contributed by atoms with Crippen LogP contribution < -0.4 is 5.32 Å². The zero-order valence-corrected chi connectivity index (χ0v) is 17.1. The van der Waals surface area contributed by atoms with E-state index in [0.29, 0.717) is 38.5 Å². The number of nitrogens with one attached hydrogen (secondary N) is 1. The first kappa shape index (κ1) is 21.1. The Morgan fingerprint density at radius 3 is 2.41 bits per heavy atom. The van der Waals surface area contributed by atoms with Gasteiger partial charge in [0.1, 0.15) is 0 Å². The van der Waals surface area contributed by atoms with E-state index in [9.17, 15) is 9.59 Å². The molecule has 1 aliphatic rings. The maximum Gasteiger partial charge on any atom is 0.307 e. The molecule has 0 heterocycles. The Morgan fingerprint density at radius 2 is 1.69 bits per heavy atom. The number of rotatable bonds is 11. The minimum absolute atomic E-state index is 0.00897. The monoisotopic (exact) mass is 394 g/mol. The van der Waals surface area contributed by atoms with Gasteiger partial charge in [-0.2, -0.15) is 0 Å². The summed E-state index contributed by atoms with van der Waals surface area (Å²) in [6.07, 6.45) is 3.26. The summed E-state index contributed by atoms with van der Waals surface area (Å²) < 4.78 is 5.03. The van der Waals surface area contributed by atoms with E-state index in [-0.39, 0.29) is 11.9 Å². The Labute approximate surface area is 173 Å². The second-order valence-electron chi connectivity index (χ2n) is 7.51. The van der Waals surface area contributed by atoms with Gasteiger partial charge in [0.05, 0.1) is 13.0 Å². The van der Waals surface area contributed by atoms with Crippen molar-refractivity contribution in [1.82, 2.24) is 4.90 Å². The molecule has 1 N–H and O–H groups in total. The predicted molar refractivity (Wildman–Crippen MR) is 116 cm³/mol. The zero-order valence-electron chi connectivity index (χ0n) is 17.1. The van der Waals surface area contributed by atoms with Crippen molar-refractivity contribution in [3.63, 3.8) is 0 Å². The van der Waals surface area contributed by atoms with E-state index in [1.54, 1.807) is 0 Å². The first-order chi connectivity index (χ1) is 14.2. The molecule has 5 nitrogen and oxygen atoms in total. The SMILES string of the molecule is CCOC(=O)CCN(CCC(=O)Nc1ccccc1-c1ccccc1)CC1CC1. The van der Waals surface area contributed by atoms with Gasteiger partial charge in [0.15, 0.2) is 0 Å². The van der Waals surface area contributed by atoms with E-state index in [4.69, 9.17) is 4.74 Å². The van der Waals surface area contributed by atoms with Gasteiger partial charge in [0.2, 0.25) is 5.91 Å². The normalized spacial score (nSPS) is 13.3. The van der Waals surface area contributed by atoms with Crippen molar-refractivity contribution in [3.05, 3.63) is 54.6 Å². The number of carbonyl (C=O) groups is 2. The molecule has 0 radical (unpaired) electrons. The lowest BCUT2D eigenvalue weighted by Gasteiger charge is -2.21. The molecule has 0 atom stereocenters. The summed E-state index contributed by atoms with van der Waals surface area (Å²) in [5.41, 5.74) is 2.91. The van der Waals surface area contributed by atoms with Crippen LogP contribution in [0.3, 0.4) is 0 Å². The number of anilines is 1. The molecule has 1 amide bonds. The van der Waals surface area contributed by atoms with Crippen LogP contribution in [0.25, 0.3) is 11.1 Å². The number of hydrogen-bond acceptors (Lipinski definition) is 4. The molecule has 0 bridgehead atoms. The molecule has 1 saturated carbocycles. The number of esters is 1. The fourth-order valence-corrected chi connectivity index (χ4v) is 3.38. The number of carbonyl (C=O) groups excluding carboxylic acids is 2. The summed E-state index contributed by atoms with van der Waals surface area (Å²) in [5.74, 6) is 0.527. The summed E-state index contributed by atoms with van der Waals surface area (Å²) >= 11 is 0. The molecule has 1 fully saturated rings. The highest BCUT2D eigenvalue weighted by molar-refractivity contribution is 5.95. The summed E-state index contributed by atoms with van der Waals surface area (Å²) in [7, 11) is 0. The smallest absolute Gasteiger partial charge is 0.307 e. The fourth-order valence-electron chi connectivity index (χ4n) is 3.38. The first-order valence-corrected chi connectivity index (χ1v) is 10.5. The highest BCUT2D eigenvalue weighted by Gasteiger charge is 2.25. The van der Waals surface area contributed by atoms with Crippen LogP contribution in [0.4, 0.5) is 5.69 Å². The molecule has 29 heavy (non-hydrogen) atoms. The van der Waals surface area contributed by atoms with Gasteiger partial charge in [-0.15, -0.1) is 0 Å². The zero-order chi connectivity index (χ0) is 20.5. The van der Waals surface area contributed by atoms with E-state index >= 15 is 0 Å². The van der Waals surface area contributed by atoms with Crippen LogP contribution in [0.1, 0.15) is 32.6 Å². The van der Waals surface area contributed by atoms with Gasteiger partial charge in [-0.05, 0) is 37.3 Å². The molecule has 5 heteroatoms. The summed E-state index contributed by atoms with van der Waals surface area (Å²) in [4.78, 5) is 26.5. The van der Waals surface area contributed by atoms with Crippen molar-refractivity contribution in [3.8, 4) is 11.1 Å². The standard InChI is InChI=1S/C24H30N2O3/c1-2-29-24(28)15-17-26(18-19-12-13-19)16-14-23(27)25-22-11-7-6-10-21(22)20-8-4-3-5-9-20/h3-11,19H,2,12-18H2,1H3,(H,25,27). The second-order valence-corrected chi connectivity index (χ2v) is 7.51. The van der Waals surface area contributed by atoms with Gasteiger partial charge in [0.25, 0.3) is 0 Å². The van der Waals surface area contributed by atoms with Crippen molar-refractivity contribution in [2.24, 2.45) is 5.92 Å². The molecule has 2 aromatic rings. The maximum atomic E-state index is 12.6. The third-order valence-corrected chi connectivity index (χ3v) is 5.09. The molecular formula is C24H30N2O3. The summed E-state index contributed by atoms with van der Waals surface area (Å²) in [6, 6.07) is 17.9. The van der Waals surface area contributed by atoms with E-state index in [1.165, 1.54) is 12.8 Å². The van der Waals surface area contributed by atoms with Gasteiger partial charge >= 0.3 is 5.97 Å². The van der Waals surface area contributed by atoms with Gasteiger partial charge in [0, 0.05) is 37.3 Å². The van der Waals surface area contributed by atoms with Crippen LogP contribution in [0.15, 0.2) is 54.6 Å². The lowest BCUT2D eigenvalue weighted by molar-refractivity contribution is -0.143. The molecule has 154 valence electrons. The van der Waals surface area contributed by atoms with E-state index in [0.717, 1.165) is 23.4 Å². The quantitative estimate of drug-likeness (QED) is 0.576. The Morgan fingerprint density at radius 1 is 1.00 bits per heavy atom. The lowest BCUT2D eigenvalue weighted by atomic mass is 10.0. The number of para-hydroxylation sites is 1. The topological polar surface area (TPSA) is 58.6 Å². The molecule has 0 saturated heterocycles. The predicted octanol–water partition coefficient (Wildman–Crippen LogP) is 4.35. The minimum Gasteiger partial charge on any atom is -0.466 e. The number of amides is 1. The van der Waals surface area contributed by atoms with Crippen LogP contribution >= 0.6 is 0 Å². The summed E-state index contributed by atoms with van der Waals surface area (Å²) in [6.45, 7) is 4.47. The first-order valence-electron chi connectivity index (χ1n) is 10.5. The van der Waals surface area contributed by atoms with Crippen LogP contribution in [0, 0.1) is 5.92 Å². The summed E-state index contributed by atoms with van der Waals surface area (Å²) in [5, 5.41) is 3.06.